The Bertz CT molecular complexity index is 654. The number of aromatic nitrogens is 2. The fraction of sp³-hybridized carbons (Fsp3) is 0.167. The molecular formula is C12H11FN2O3S. The molecule has 1 aromatic carbocycles. The second kappa shape index (κ2) is 5.31. The number of benzene rings is 1. The van der Waals surface area contributed by atoms with Crippen molar-refractivity contribution in [3.63, 3.8) is 0 Å². The van der Waals surface area contributed by atoms with Crippen molar-refractivity contribution in [1.82, 2.24) is 9.78 Å². The Morgan fingerprint density at radius 2 is 2.16 bits per heavy atom. The molecule has 0 radical (unpaired) electrons. The van der Waals surface area contributed by atoms with E-state index in [1.54, 1.807) is 13.1 Å². The molecule has 0 bridgehead atoms. The Kier molecular flexibility index (Phi) is 3.75. The number of carboxylic acid groups (broad SMARTS) is 1. The summed E-state index contributed by atoms with van der Waals surface area (Å²) in [5.41, 5.74) is 0.279. The van der Waals surface area contributed by atoms with Gasteiger partial charge < -0.3 is 5.11 Å². The molecule has 1 N–H and O–H groups in total. The van der Waals surface area contributed by atoms with E-state index < -0.39 is 22.6 Å². The van der Waals surface area contributed by atoms with Gasteiger partial charge >= 0.3 is 5.97 Å². The zero-order valence-electron chi connectivity index (χ0n) is 10.0. The lowest BCUT2D eigenvalue weighted by Gasteiger charge is -2.05. The number of carbonyl (C=O) groups is 1. The molecule has 1 heterocycles. The number of aryl methyl sites for hydroxylation is 1. The molecule has 0 fully saturated rings. The van der Waals surface area contributed by atoms with Gasteiger partial charge in [0.1, 0.15) is 11.4 Å². The van der Waals surface area contributed by atoms with Crippen molar-refractivity contribution < 1.29 is 18.5 Å². The summed E-state index contributed by atoms with van der Waals surface area (Å²) >= 11 is 0. The zero-order valence-corrected chi connectivity index (χ0v) is 10.9. The Labute approximate surface area is 111 Å². The molecule has 19 heavy (non-hydrogen) atoms. The molecule has 100 valence electrons. The average molecular weight is 282 g/mol. The topological polar surface area (TPSA) is 72.2 Å². The van der Waals surface area contributed by atoms with E-state index in [0.717, 1.165) is 0 Å². The van der Waals surface area contributed by atoms with Crippen molar-refractivity contribution in [2.45, 2.75) is 10.6 Å². The van der Waals surface area contributed by atoms with Gasteiger partial charge in [0.25, 0.3) is 0 Å². The van der Waals surface area contributed by atoms with E-state index in [1.165, 1.54) is 29.1 Å². The van der Waals surface area contributed by atoms with Crippen LogP contribution in [0.2, 0.25) is 0 Å². The molecule has 1 unspecified atom stereocenters. The summed E-state index contributed by atoms with van der Waals surface area (Å²) in [6.07, 6.45) is 1.19. The van der Waals surface area contributed by atoms with Gasteiger partial charge in [-0.05, 0) is 12.1 Å². The van der Waals surface area contributed by atoms with Gasteiger partial charge in [0.2, 0.25) is 0 Å². The molecule has 0 aliphatic heterocycles. The summed E-state index contributed by atoms with van der Waals surface area (Å²) in [6, 6.07) is 5.72. The van der Waals surface area contributed by atoms with Gasteiger partial charge in [-0.1, -0.05) is 12.1 Å². The van der Waals surface area contributed by atoms with Gasteiger partial charge in [-0.2, -0.15) is 5.10 Å². The third-order valence-electron chi connectivity index (χ3n) is 2.64. The third-order valence-corrected chi connectivity index (χ3v) is 4.00. The fourth-order valence-corrected chi connectivity index (χ4v) is 2.91. The molecule has 0 saturated carbocycles. The maximum absolute atomic E-state index is 13.5. The van der Waals surface area contributed by atoms with Crippen molar-refractivity contribution in [3.8, 4) is 0 Å². The molecule has 0 aliphatic rings. The lowest BCUT2D eigenvalue weighted by atomic mass is 10.3. The molecular weight excluding hydrogens is 271 g/mol. The van der Waals surface area contributed by atoms with E-state index in [1.807, 2.05) is 0 Å². The van der Waals surface area contributed by atoms with Gasteiger partial charge in [-0.3, -0.25) is 8.89 Å². The van der Waals surface area contributed by atoms with Crippen molar-refractivity contribution in [2.75, 3.05) is 0 Å². The highest BCUT2D eigenvalue weighted by molar-refractivity contribution is 7.84. The fourth-order valence-electron chi connectivity index (χ4n) is 1.64. The predicted molar refractivity (Wildman–Crippen MR) is 66.7 cm³/mol. The maximum atomic E-state index is 13.5. The lowest BCUT2D eigenvalue weighted by Crippen LogP contribution is -2.09. The molecule has 7 heteroatoms. The number of nitrogens with zero attached hydrogens (tertiary/aromatic N) is 2. The quantitative estimate of drug-likeness (QED) is 0.923. The van der Waals surface area contributed by atoms with Crippen molar-refractivity contribution >= 4 is 16.8 Å². The van der Waals surface area contributed by atoms with Gasteiger partial charge in [-0.15, -0.1) is 0 Å². The van der Waals surface area contributed by atoms with Crippen LogP contribution in [0.5, 0.6) is 0 Å². The van der Waals surface area contributed by atoms with E-state index in [0.29, 0.717) is 5.69 Å². The summed E-state index contributed by atoms with van der Waals surface area (Å²) in [6.45, 7) is 0. The Morgan fingerprint density at radius 1 is 1.47 bits per heavy atom. The van der Waals surface area contributed by atoms with Crippen LogP contribution < -0.4 is 0 Å². The molecule has 0 saturated heterocycles. The van der Waals surface area contributed by atoms with Crippen LogP contribution in [0.4, 0.5) is 4.39 Å². The van der Waals surface area contributed by atoms with Crippen LogP contribution in [-0.2, 0) is 23.6 Å². The Hall–Kier alpha value is -2.02. The highest BCUT2D eigenvalue weighted by Crippen LogP contribution is 2.17. The minimum atomic E-state index is -1.66. The smallest absolute Gasteiger partial charge is 0.339 e. The van der Waals surface area contributed by atoms with Crippen molar-refractivity contribution in [1.29, 1.82) is 0 Å². The van der Waals surface area contributed by atoms with Crippen LogP contribution in [0.25, 0.3) is 0 Å². The molecule has 2 rings (SSSR count). The molecule has 1 atom stereocenters. The second-order valence-electron chi connectivity index (χ2n) is 3.85. The predicted octanol–water partition coefficient (Wildman–Crippen LogP) is 1.57. The molecule has 1 aromatic heterocycles. The molecule has 0 aliphatic carbocycles. The summed E-state index contributed by atoms with van der Waals surface area (Å²) in [5, 5.41) is 12.8. The van der Waals surface area contributed by atoms with E-state index >= 15 is 0 Å². The van der Waals surface area contributed by atoms with Crippen LogP contribution in [0.1, 0.15) is 16.1 Å². The minimum Gasteiger partial charge on any atom is -0.478 e. The summed E-state index contributed by atoms with van der Waals surface area (Å²) in [4.78, 5) is 11.0. The monoisotopic (exact) mass is 282 g/mol. The van der Waals surface area contributed by atoms with Gasteiger partial charge in [-0.25, -0.2) is 9.18 Å². The molecule has 0 amide bonds. The number of halogens is 1. The molecule has 2 aromatic rings. The van der Waals surface area contributed by atoms with Crippen molar-refractivity contribution in [3.05, 3.63) is 47.5 Å². The van der Waals surface area contributed by atoms with Gasteiger partial charge in [0.05, 0.1) is 33.3 Å². The van der Waals surface area contributed by atoms with Gasteiger partial charge in [0, 0.05) is 7.05 Å². The molecule has 0 spiro atoms. The first-order chi connectivity index (χ1) is 9.00. The maximum Gasteiger partial charge on any atom is 0.339 e. The van der Waals surface area contributed by atoms with Gasteiger partial charge in [0.15, 0.2) is 0 Å². The first kappa shape index (κ1) is 13.4. The van der Waals surface area contributed by atoms with Crippen LogP contribution >= 0.6 is 0 Å². The van der Waals surface area contributed by atoms with Crippen LogP contribution in [-0.4, -0.2) is 25.1 Å². The van der Waals surface area contributed by atoms with E-state index in [4.69, 9.17) is 5.11 Å². The van der Waals surface area contributed by atoms with E-state index in [2.05, 4.69) is 5.10 Å². The summed E-state index contributed by atoms with van der Waals surface area (Å²) < 4.78 is 26.9. The molecule has 5 nitrogen and oxygen atoms in total. The average Bonchev–Trinajstić information content (AvgIpc) is 2.71. The van der Waals surface area contributed by atoms with E-state index in [-0.39, 0.29) is 16.2 Å². The number of rotatable bonds is 4. The number of aromatic carboxylic acids is 1. The number of carboxylic acids is 1. The standard InChI is InChI=1S/C12H11FN2O3S/c1-15-10(8(6-14-15)12(16)17)7-19(18)11-5-3-2-4-9(11)13/h2-6H,7H2,1H3,(H,16,17). The second-order valence-corrected chi connectivity index (χ2v) is 5.27. The Morgan fingerprint density at radius 3 is 2.79 bits per heavy atom. The number of hydrogen-bond acceptors (Lipinski definition) is 3. The summed E-state index contributed by atoms with van der Waals surface area (Å²) in [5.74, 6) is -1.81. The highest BCUT2D eigenvalue weighted by atomic mass is 32.2. The minimum absolute atomic E-state index is 0.0211. The zero-order chi connectivity index (χ0) is 14.0. The first-order valence-electron chi connectivity index (χ1n) is 5.37. The van der Waals surface area contributed by atoms with Crippen LogP contribution in [0.15, 0.2) is 35.4 Å². The Balaban J connectivity index is 2.32. The highest BCUT2D eigenvalue weighted by Gasteiger charge is 2.19. The third kappa shape index (κ3) is 2.70. The SMILES string of the molecule is Cn1ncc(C(=O)O)c1CS(=O)c1ccccc1F. The van der Waals surface area contributed by atoms with Crippen LogP contribution in [0, 0.1) is 5.82 Å². The normalized spacial score (nSPS) is 12.3. The lowest BCUT2D eigenvalue weighted by molar-refractivity contribution is 0.0696. The largest absolute Gasteiger partial charge is 0.478 e. The first-order valence-corrected chi connectivity index (χ1v) is 6.69. The van der Waals surface area contributed by atoms with Crippen molar-refractivity contribution in [2.24, 2.45) is 7.05 Å². The summed E-state index contributed by atoms with van der Waals surface area (Å²) in [7, 11) is -0.105. The van der Waals surface area contributed by atoms with Crippen LogP contribution in [0.3, 0.4) is 0 Å². The van der Waals surface area contributed by atoms with E-state index in [9.17, 15) is 13.4 Å². The number of hydrogen-bond donors (Lipinski definition) is 1.